The van der Waals surface area contributed by atoms with Crippen LogP contribution in [0.25, 0.3) is 66.1 Å². The van der Waals surface area contributed by atoms with Crippen molar-refractivity contribution in [3.63, 3.8) is 0 Å². The highest BCUT2D eigenvalue weighted by atomic mass is 15.2. The molecular weight excluding hydrogens is 683 g/mol. The highest BCUT2D eigenvalue weighted by Gasteiger charge is 2.22. The molecule has 0 aliphatic carbocycles. The molecule has 0 amide bonds. The van der Waals surface area contributed by atoms with Crippen LogP contribution in [0, 0.1) is 0 Å². The Kier molecular flexibility index (Phi) is 7.49. The van der Waals surface area contributed by atoms with Crippen LogP contribution < -0.4 is 5.32 Å². The average molecular weight is 718 g/mol. The zero-order valence-electron chi connectivity index (χ0n) is 30.4. The molecule has 10 aromatic rings. The quantitative estimate of drug-likeness (QED) is 0.183. The minimum Gasteiger partial charge on any atom is -0.344 e. The van der Waals surface area contributed by atoms with E-state index in [4.69, 9.17) is 9.98 Å². The van der Waals surface area contributed by atoms with Crippen molar-refractivity contribution in [2.75, 3.05) is 0 Å². The van der Waals surface area contributed by atoms with Crippen molar-refractivity contribution in [2.24, 2.45) is 9.98 Å². The molecule has 5 heteroatoms. The highest BCUT2D eigenvalue weighted by molar-refractivity contribution is 6.14. The maximum atomic E-state index is 5.16. The molecule has 1 aliphatic heterocycles. The minimum atomic E-state index is -0.320. The number of hydrogen-bond acceptors (Lipinski definition) is 3. The van der Waals surface area contributed by atoms with E-state index in [2.05, 4.69) is 178 Å². The third-order valence-electron chi connectivity index (χ3n) is 11.0. The summed E-state index contributed by atoms with van der Waals surface area (Å²) in [5.74, 6) is 1.52. The molecule has 1 atom stereocenters. The number of nitrogens with one attached hydrogen (secondary N) is 1. The number of amidine groups is 2. The topological polar surface area (TPSA) is 46.6 Å². The summed E-state index contributed by atoms with van der Waals surface area (Å²) >= 11 is 0. The lowest BCUT2D eigenvalue weighted by Crippen LogP contribution is -2.33. The number of aromatic nitrogens is 2. The fourth-order valence-electron chi connectivity index (χ4n) is 8.35. The van der Waals surface area contributed by atoms with Crippen LogP contribution in [0.15, 0.2) is 210 Å². The van der Waals surface area contributed by atoms with Gasteiger partial charge in [0.2, 0.25) is 0 Å². The van der Waals surface area contributed by atoms with E-state index < -0.39 is 0 Å². The van der Waals surface area contributed by atoms with E-state index in [1.807, 2.05) is 36.4 Å². The van der Waals surface area contributed by atoms with Gasteiger partial charge in [0, 0.05) is 44.0 Å². The van der Waals surface area contributed by atoms with Gasteiger partial charge in [0.15, 0.2) is 5.84 Å². The summed E-state index contributed by atoms with van der Waals surface area (Å²) < 4.78 is 4.76. The molecule has 1 aliphatic rings. The Morgan fingerprint density at radius 3 is 1.68 bits per heavy atom. The van der Waals surface area contributed by atoms with Gasteiger partial charge in [-0.05, 0) is 71.3 Å². The largest absolute Gasteiger partial charge is 0.344 e. The van der Waals surface area contributed by atoms with Gasteiger partial charge in [0.25, 0.3) is 0 Å². The standard InChI is InChI=1S/C51H35N5/c1-4-15-34(16-5-1)49-52-50(35-17-6-2-7-18-35)54-51(53-49)38-19-14-22-40(31-38)56-46-26-13-11-24-42(46)44-32-36(28-30-47(44)56)37-27-29-43-41-23-10-12-25-45(41)55(48(43)33-37)39-20-8-3-9-21-39/h1-33,51H,(H,52,53,54). The molecule has 1 N–H and O–H groups in total. The highest BCUT2D eigenvalue weighted by Crippen LogP contribution is 2.38. The Morgan fingerprint density at radius 1 is 0.375 bits per heavy atom. The number of rotatable bonds is 6. The van der Waals surface area contributed by atoms with E-state index >= 15 is 0 Å². The molecule has 5 nitrogen and oxygen atoms in total. The number of nitrogens with zero attached hydrogens (tertiary/aromatic N) is 4. The van der Waals surface area contributed by atoms with Crippen molar-refractivity contribution in [1.82, 2.24) is 14.5 Å². The predicted molar refractivity (Wildman–Crippen MR) is 232 cm³/mol. The molecule has 3 heterocycles. The van der Waals surface area contributed by atoms with Crippen molar-refractivity contribution in [3.8, 4) is 22.5 Å². The van der Waals surface area contributed by atoms with Gasteiger partial charge in [0.05, 0.1) is 22.1 Å². The third-order valence-corrected chi connectivity index (χ3v) is 11.0. The average Bonchev–Trinajstić information content (AvgIpc) is 3.79. The van der Waals surface area contributed by atoms with Gasteiger partial charge in [-0.2, -0.15) is 0 Å². The van der Waals surface area contributed by atoms with Crippen LogP contribution in [-0.4, -0.2) is 20.8 Å². The van der Waals surface area contributed by atoms with Gasteiger partial charge in [-0.1, -0.05) is 146 Å². The first-order valence-electron chi connectivity index (χ1n) is 19.0. The van der Waals surface area contributed by atoms with Crippen LogP contribution in [-0.2, 0) is 0 Å². The van der Waals surface area contributed by atoms with E-state index in [-0.39, 0.29) is 6.17 Å². The molecule has 0 fully saturated rings. The SMILES string of the molecule is c1ccc(C2=NC(c3cccc(-n4c5ccccc5c5cc(-c6ccc7c8ccccc8n(-c8ccccc8)c7c6)ccc54)c3)NC(c3ccccc3)=N2)cc1. The number of hydrogen-bond donors (Lipinski definition) is 1. The predicted octanol–water partition coefficient (Wildman–Crippen LogP) is 12.0. The van der Waals surface area contributed by atoms with Crippen LogP contribution in [0.2, 0.25) is 0 Å². The van der Waals surface area contributed by atoms with Crippen LogP contribution >= 0.6 is 0 Å². The number of benzene rings is 8. The van der Waals surface area contributed by atoms with E-state index in [9.17, 15) is 0 Å². The second kappa shape index (κ2) is 13.1. The molecule has 11 rings (SSSR count). The number of aliphatic imine (C=N–C) groups is 2. The fourth-order valence-corrected chi connectivity index (χ4v) is 8.35. The molecule has 1 unspecified atom stereocenters. The summed E-state index contributed by atoms with van der Waals surface area (Å²) in [5.41, 5.74) is 12.4. The van der Waals surface area contributed by atoms with Gasteiger partial charge in [0.1, 0.15) is 12.0 Å². The Bertz CT molecular complexity index is 3150. The Labute approximate surface area is 324 Å². The van der Waals surface area contributed by atoms with Gasteiger partial charge < -0.3 is 14.5 Å². The van der Waals surface area contributed by atoms with Crippen LogP contribution in [0.4, 0.5) is 0 Å². The molecule has 0 spiro atoms. The molecule has 56 heavy (non-hydrogen) atoms. The Morgan fingerprint density at radius 2 is 0.929 bits per heavy atom. The van der Waals surface area contributed by atoms with Crippen LogP contribution in [0.3, 0.4) is 0 Å². The molecular formula is C51H35N5. The Balaban J connectivity index is 1.03. The van der Waals surface area contributed by atoms with Crippen molar-refractivity contribution in [1.29, 1.82) is 0 Å². The normalized spacial score (nSPS) is 14.2. The Hall–Kier alpha value is -7.50. The lowest BCUT2D eigenvalue weighted by atomic mass is 10.0. The van der Waals surface area contributed by atoms with Crippen molar-refractivity contribution in [2.45, 2.75) is 6.17 Å². The summed E-state index contributed by atoms with van der Waals surface area (Å²) in [6.07, 6.45) is -0.320. The fraction of sp³-hybridized carbons (Fsp3) is 0.0196. The second-order valence-corrected chi connectivity index (χ2v) is 14.3. The van der Waals surface area contributed by atoms with Crippen molar-refractivity contribution >= 4 is 55.3 Å². The zero-order chi connectivity index (χ0) is 37.0. The molecule has 0 saturated heterocycles. The second-order valence-electron chi connectivity index (χ2n) is 14.3. The van der Waals surface area contributed by atoms with Gasteiger partial charge in [-0.25, -0.2) is 9.98 Å². The summed E-state index contributed by atoms with van der Waals surface area (Å²) in [5, 5.41) is 8.58. The number of fused-ring (bicyclic) bond motifs is 6. The molecule has 8 aromatic carbocycles. The van der Waals surface area contributed by atoms with Crippen LogP contribution in [0.1, 0.15) is 22.9 Å². The first-order valence-corrected chi connectivity index (χ1v) is 19.0. The first-order chi connectivity index (χ1) is 27.8. The maximum Gasteiger partial charge on any atom is 0.159 e. The molecule has 2 aromatic heterocycles. The zero-order valence-corrected chi connectivity index (χ0v) is 30.4. The third kappa shape index (κ3) is 5.32. The first kappa shape index (κ1) is 32.0. The summed E-state index contributed by atoms with van der Waals surface area (Å²) in [6.45, 7) is 0. The maximum absolute atomic E-state index is 5.16. The smallest absolute Gasteiger partial charge is 0.159 e. The summed E-state index contributed by atoms with van der Waals surface area (Å²) in [7, 11) is 0. The summed E-state index contributed by atoms with van der Waals surface area (Å²) in [6, 6.07) is 71.1. The molecule has 0 radical (unpaired) electrons. The van der Waals surface area contributed by atoms with Crippen molar-refractivity contribution in [3.05, 3.63) is 217 Å². The van der Waals surface area contributed by atoms with Gasteiger partial charge in [-0.15, -0.1) is 0 Å². The van der Waals surface area contributed by atoms with E-state index in [0.717, 1.165) is 44.9 Å². The van der Waals surface area contributed by atoms with Crippen LogP contribution in [0.5, 0.6) is 0 Å². The lowest BCUT2D eigenvalue weighted by molar-refractivity contribution is 0.674. The minimum absolute atomic E-state index is 0.320. The van der Waals surface area contributed by atoms with E-state index in [1.165, 1.54) is 43.7 Å². The van der Waals surface area contributed by atoms with Crippen molar-refractivity contribution < 1.29 is 0 Å². The lowest BCUT2D eigenvalue weighted by Gasteiger charge is -2.24. The number of para-hydroxylation sites is 3. The molecule has 0 saturated carbocycles. The molecule has 0 bridgehead atoms. The van der Waals surface area contributed by atoms with E-state index in [0.29, 0.717) is 5.84 Å². The summed E-state index contributed by atoms with van der Waals surface area (Å²) in [4.78, 5) is 10.1. The van der Waals surface area contributed by atoms with Gasteiger partial charge >= 0.3 is 0 Å². The molecule has 264 valence electrons. The van der Waals surface area contributed by atoms with E-state index in [1.54, 1.807) is 0 Å². The van der Waals surface area contributed by atoms with Gasteiger partial charge in [-0.3, -0.25) is 0 Å². The monoisotopic (exact) mass is 717 g/mol.